The second-order valence-corrected chi connectivity index (χ2v) is 14.8. The van der Waals surface area contributed by atoms with Gasteiger partial charge in [-0.15, -0.1) is 0 Å². The summed E-state index contributed by atoms with van der Waals surface area (Å²) < 4.78 is 28.5. The molecule has 25 heteroatoms. The lowest BCUT2D eigenvalue weighted by Crippen LogP contribution is -2.65. The number of hydrogen-bond donors (Lipinski definition) is 12. The fourth-order valence-corrected chi connectivity index (χ4v) is 6.93. The number of carboxylic acid groups (broad SMARTS) is 5. The highest BCUT2D eigenvalue weighted by Gasteiger charge is 2.53. The number of nitrogens with one attached hydrogen (secondary N) is 1. The van der Waals surface area contributed by atoms with Crippen molar-refractivity contribution >= 4 is 47.7 Å². The van der Waals surface area contributed by atoms with Crippen LogP contribution in [0.4, 0.5) is 5.69 Å². The highest BCUT2D eigenvalue weighted by Crippen LogP contribution is 2.41. The zero-order chi connectivity index (χ0) is 45.2. The molecule has 4 aliphatic heterocycles. The van der Waals surface area contributed by atoms with Gasteiger partial charge in [0.05, 0.1) is 24.5 Å². The summed E-state index contributed by atoms with van der Waals surface area (Å²) in [4.78, 5) is 70.8. The SMILES string of the molecule is CC(O)(CC(=O)O)CC(=O)OCC1OC(Oc2cc3c(cc2O)[N+](=CC=C2C=C(C(=O)O)NC(C(=O)O)C2)C(C(=O)[O-])C3)C(OC2OC(C(=O)O)C(O)C(O)C2O)C(O)C1O. The summed E-state index contributed by atoms with van der Waals surface area (Å²) in [5, 5.41) is 127. The maximum Gasteiger partial charge on any atom is 0.351 e. The highest BCUT2D eigenvalue weighted by molar-refractivity contribution is 5.89. The largest absolute Gasteiger partial charge is 0.543 e. The maximum absolute atomic E-state index is 12.5. The normalized spacial score (nSPS) is 33.4. The molecule has 2 saturated heterocycles. The first-order valence-electron chi connectivity index (χ1n) is 18.2. The van der Waals surface area contributed by atoms with Gasteiger partial charge in [0.15, 0.2) is 36.2 Å². The fraction of sp³-hybridized carbons (Fsp3) is 0.528. The summed E-state index contributed by atoms with van der Waals surface area (Å²) in [5.41, 5.74) is -2.12. The highest BCUT2D eigenvalue weighted by atomic mass is 16.8. The van der Waals surface area contributed by atoms with E-state index in [0.717, 1.165) is 29.7 Å². The molecule has 0 saturated carbocycles. The van der Waals surface area contributed by atoms with Crippen LogP contribution in [0.3, 0.4) is 0 Å². The van der Waals surface area contributed by atoms with Crippen molar-refractivity contribution in [1.29, 1.82) is 0 Å². The van der Waals surface area contributed by atoms with Crippen LogP contribution in [0.2, 0.25) is 0 Å². The van der Waals surface area contributed by atoms with Crippen LogP contribution in [0, 0.1) is 0 Å². The minimum absolute atomic E-state index is 0.0458. The minimum atomic E-state index is -2.19. The molecule has 13 atom stereocenters. The van der Waals surface area contributed by atoms with Gasteiger partial charge in [-0.3, -0.25) is 9.59 Å². The number of esters is 1. The Bertz CT molecular complexity index is 2010. The van der Waals surface area contributed by atoms with E-state index >= 15 is 0 Å². The number of phenols is 1. The van der Waals surface area contributed by atoms with Crippen LogP contribution in [0.25, 0.3) is 0 Å². The summed E-state index contributed by atoms with van der Waals surface area (Å²) in [7, 11) is 0. The number of carboxylic acids is 5. The number of carbonyl (C=O) groups is 6. The molecule has 0 aliphatic carbocycles. The Hall–Kier alpha value is -5.77. The van der Waals surface area contributed by atoms with Crippen LogP contribution in [0.1, 0.15) is 31.7 Å². The van der Waals surface area contributed by atoms with Crippen molar-refractivity contribution in [2.24, 2.45) is 0 Å². The average Bonchev–Trinajstić information content (AvgIpc) is 3.52. The molecule has 0 radical (unpaired) electrons. The number of aliphatic hydroxyl groups is 6. The van der Waals surface area contributed by atoms with Gasteiger partial charge in [-0.05, 0) is 24.6 Å². The third-order valence-corrected chi connectivity index (χ3v) is 9.99. The van der Waals surface area contributed by atoms with Crippen molar-refractivity contribution < 1.29 is 118 Å². The van der Waals surface area contributed by atoms with E-state index in [9.17, 15) is 84.9 Å². The van der Waals surface area contributed by atoms with Crippen LogP contribution < -0.4 is 15.2 Å². The zero-order valence-electron chi connectivity index (χ0n) is 31.6. The number of aliphatic carboxylic acids is 5. The minimum Gasteiger partial charge on any atom is -0.543 e. The van der Waals surface area contributed by atoms with Gasteiger partial charge in [0.1, 0.15) is 60.9 Å². The maximum atomic E-state index is 12.5. The van der Waals surface area contributed by atoms with Gasteiger partial charge in [0.2, 0.25) is 18.0 Å². The zero-order valence-corrected chi connectivity index (χ0v) is 31.6. The molecule has 1 aromatic carbocycles. The molecular formula is C36H42N2O23. The van der Waals surface area contributed by atoms with E-state index in [0.29, 0.717) is 0 Å². The first-order valence-corrected chi connectivity index (χ1v) is 18.2. The molecule has 4 aliphatic rings. The number of phenolic OH excluding ortho intramolecular Hbond substituents is 1. The molecule has 1 aromatic rings. The van der Waals surface area contributed by atoms with Crippen LogP contribution >= 0.6 is 0 Å². The second kappa shape index (κ2) is 18.5. The summed E-state index contributed by atoms with van der Waals surface area (Å²) in [5.74, 6) is -10.1. The first kappa shape index (κ1) is 46.3. The van der Waals surface area contributed by atoms with Gasteiger partial charge in [-0.25, -0.2) is 14.4 Å². The van der Waals surface area contributed by atoms with Crippen molar-refractivity contribution in [3.8, 4) is 11.5 Å². The number of fused-ring (bicyclic) bond motifs is 1. The van der Waals surface area contributed by atoms with E-state index in [-0.39, 0.29) is 29.7 Å². The molecule has 25 nitrogen and oxygen atoms in total. The monoisotopic (exact) mass is 870 g/mol. The Labute approximate surface area is 342 Å². The molecule has 4 heterocycles. The standard InChI is InChI=1S/C36H42N2O23/c1-36(56,9-21(40)41)10-22(42)57-11-20-23(43)25(45)29(61-34-27(47)24(44)26(46)28(60-34)33(54)55)35(59-20)58-19-7-13-6-17(32(52)53)38(16(13)8-18(19)39)3-2-12-4-14(30(48)49)37-15(5-12)31(50)51/h2-4,7-8,15,17,20,23-29,34-35,43-47,56H,5-6,9-11H2,1H3,(H6,39,40,41,48,49,50,51,52,53,54,55). The molecule has 0 spiro atoms. The molecule has 0 bridgehead atoms. The average molecular weight is 871 g/mol. The molecule has 0 amide bonds. The lowest BCUT2D eigenvalue weighted by Gasteiger charge is -2.45. The van der Waals surface area contributed by atoms with Gasteiger partial charge in [0.25, 0.3) is 0 Å². The number of aromatic hydroxyl groups is 1. The Morgan fingerprint density at radius 3 is 2.20 bits per heavy atom. The number of hydrogen-bond acceptors (Lipinski definition) is 20. The summed E-state index contributed by atoms with van der Waals surface area (Å²) >= 11 is 0. The lowest BCUT2D eigenvalue weighted by atomic mass is 9.97. The van der Waals surface area contributed by atoms with E-state index in [2.05, 4.69) is 5.32 Å². The predicted molar refractivity (Wildman–Crippen MR) is 189 cm³/mol. The van der Waals surface area contributed by atoms with Crippen molar-refractivity contribution in [2.75, 3.05) is 6.61 Å². The van der Waals surface area contributed by atoms with Crippen LogP contribution in [0.15, 0.2) is 35.6 Å². The predicted octanol–water partition coefficient (Wildman–Crippen LogP) is -5.62. The molecular weight excluding hydrogens is 828 g/mol. The second-order valence-electron chi connectivity index (χ2n) is 14.8. The molecule has 0 aromatic heterocycles. The van der Waals surface area contributed by atoms with Crippen LogP contribution in [0.5, 0.6) is 11.5 Å². The van der Waals surface area contributed by atoms with E-state index in [4.69, 9.17) is 28.8 Å². The van der Waals surface area contributed by atoms with Crippen molar-refractivity contribution in [1.82, 2.24) is 5.32 Å². The summed E-state index contributed by atoms with van der Waals surface area (Å²) in [6.45, 7) is 0.153. The third-order valence-electron chi connectivity index (χ3n) is 9.99. The summed E-state index contributed by atoms with van der Waals surface area (Å²) in [6.07, 6.45) is -19.5. The van der Waals surface area contributed by atoms with Gasteiger partial charge in [0, 0.05) is 24.5 Å². The van der Waals surface area contributed by atoms with Crippen LogP contribution in [-0.2, 0) is 54.1 Å². The van der Waals surface area contributed by atoms with E-state index in [1.807, 2.05) is 0 Å². The van der Waals surface area contributed by atoms with Gasteiger partial charge in [-0.1, -0.05) is 0 Å². The van der Waals surface area contributed by atoms with E-state index in [1.165, 1.54) is 12.3 Å². The fourth-order valence-electron chi connectivity index (χ4n) is 6.93. The Morgan fingerprint density at radius 2 is 1.59 bits per heavy atom. The number of benzene rings is 1. The molecule has 61 heavy (non-hydrogen) atoms. The molecule has 13 unspecified atom stereocenters. The molecule has 5 rings (SSSR count). The van der Waals surface area contributed by atoms with E-state index < -0.39 is 152 Å². The van der Waals surface area contributed by atoms with Crippen molar-refractivity contribution in [3.05, 3.63) is 41.1 Å². The van der Waals surface area contributed by atoms with Crippen molar-refractivity contribution in [3.63, 3.8) is 0 Å². The first-order chi connectivity index (χ1) is 28.5. The lowest BCUT2D eigenvalue weighted by molar-refractivity contribution is -0.475. The number of allylic oxidation sites excluding steroid dienone is 2. The topological polar surface area (TPSA) is 409 Å². The van der Waals surface area contributed by atoms with Gasteiger partial charge < -0.3 is 95.1 Å². The molecule has 2 fully saturated rings. The number of ether oxygens (including phenoxy) is 5. The summed E-state index contributed by atoms with van der Waals surface area (Å²) in [6, 6.07) is -0.630. The number of rotatable bonds is 15. The van der Waals surface area contributed by atoms with Gasteiger partial charge >= 0.3 is 29.8 Å². The Balaban J connectivity index is 1.46. The van der Waals surface area contributed by atoms with Crippen molar-refractivity contribution in [2.45, 2.75) is 112 Å². The quantitative estimate of drug-likeness (QED) is 0.0577. The Kier molecular flexibility index (Phi) is 14.0. The van der Waals surface area contributed by atoms with E-state index in [1.54, 1.807) is 0 Å². The molecule has 334 valence electrons. The van der Waals surface area contributed by atoms with Crippen LogP contribution in [-0.4, -0.2) is 188 Å². The third kappa shape index (κ3) is 10.6. The molecule has 12 N–H and O–H groups in total. The Morgan fingerprint density at radius 1 is 0.902 bits per heavy atom. The number of aliphatic hydroxyl groups excluding tert-OH is 5. The smallest absolute Gasteiger partial charge is 0.351 e. The van der Waals surface area contributed by atoms with Gasteiger partial charge in [-0.2, -0.15) is 4.58 Å². The number of nitrogens with zero attached hydrogens (tertiary/aromatic N) is 1. The number of carbonyl (C=O) groups excluding carboxylic acids is 2.